The zero-order valence-electron chi connectivity index (χ0n) is 14.3. The van der Waals surface area contributed by atoms with Gasteiger partial charge in [0, 0.05) is 4.88 Å². The number of fused-ring (bicyclic) bond motifs is 2. The van der Waals surface area contributed by atoms with E-state index in [0.717, 1.165) is 40.7 Å². The average molecular weight is 370 g/mol. The highest BCUT2D eigenvalue weighted by Crippen LogP contribution is 2.39. The number of para-hydroxylation sites is 1. The van der Waals surface area contributed by atoms with Crippen molar-refractivity contribution in [3.8, 4) is 0 Å². The highest BCUT2D eigenvalue weighted by Gasteiger charge is 2.28. The zero-order chi connectivity index (χ0) is 18.1. The predicted octanol–water partition coefficient (Wildman–Crippen LogP) is 2.80. The number of benzene rings is 1. The second-order valence-electron chi connectivity index (χ2n) is 6.07. The molecule has 0 saturated heterocycles. The van der Waals surface area contributed by atoms with Crippen LogP contribution in [0.4, 0.5) is 5.00 Å². The van der Waals surface area contributed by atoms with E-state index in [2.05, 4.69) is 15.6 Å². The molecule has 134 valence electrons. The summed E-state index contributed by atoms with van der Waals surface area (Å²) in [6, 6.07) is 7.47. The van der Waals surface area contributed by atoms with Gasteiger partial charge in [-0.05, 0) is 43.9 Å². The van der Waals surface area contributed by atoms with Gasteiger partial charge >= 0.3 is 5.97 Å². The number of anilines is 1. The third kappa shape index (κ3) is 2.96. The summed E-state index contributed by atoms with van der Waals surface area (Å²) < 4.78 is 6.74. The molecule has 0 bridgehead atoms. The number of esters is 1. The molecule has 0 radical (unpaired) electrons. The lowest BCUT2D eigenvalue weighted by Crippen LogP contribution is -2.20. The molecule has 0 unspecified atom stereocenters. The number of aromatic nitrogens is 3. The van der Waals surface area contributed by atoms with Crippen LogP contribution in [0.15, 0.2) is 24.3 Å². The van der Waals surface area contributed by atoms with Gasteiger partial charge in [-0.3, -0.25) is 4.79 Å². The van der Waals surface area contributed by atoms with Crippen molar-refractivity contribution < 1.29 is 14.3 Å². The summed E-state index contributed by atoms with van der Waals surface area (Å²) in [5.41, 5.74) is 3.07. The van der Waals surface area contributed by atoms with Gasteiger partial charge in [-0.2, -0.15) is 0 Å². The number of carbonyl (C=O) groups excluding carboxylic acids is 2. The Hall–Kier alpha value is -2.74. The zero-order valence-corrected chi connectivity index (χ0v) is 15.1. The molecule has 2 heterocycles. The molecule has 1 aliphatic rings. The first-order chi connectivity index (χ1) is 12.7. The summed E-state index contributed by atoms with van der Waals surface area (Å²) in [5.74, 6) is -0.612. The van der Waals surface area contributed by atoms with Crippen LogP contribution in [-0.4, -0.2) is 33.5 Å². The molecule has 3 aromatic rings. The van der Waals surface area contributed by atoms with Gasteiger partial charge in [0.1, 0.15) is 17.1 Å². The third-order valence-electron chi connectivity index (χ3n) is 4.37. The second kappa shape index (κ2) is 6.87. The molecular formula is C18H18N4O3S. The van der Waals surface area contributed by atoms with E-state index in [0.29, 0.717) is 17.2 Å². The summed E-state index contributed by atoms with van der Waals surface area (Å²) in [6.45, 7) is 2.12. The fourth-order valence-electron chi connectivity index (χ4n) is 3.25. The molecule has 2 aromatic heterocycles. The van der Waals surface area contributed by atoms with Crippen molar-refractivity contribution >= 4 is 39.2 Å². The van der Waals surface area contributed by atoms with E-state index in [1.807, 2.05) is 24.3 Å². The van der Waals surface area contributed by atoms with Crippen LogP contribution < -0.4 is 5.32 Å². The van der Waals surface area contributed by atoms with Crippen molar-refractivity contribution in [1.29, 1.82) is 0 Å². The smallest absolute Gasteiger partial charge is 0.341 e. The first kappa shape index (κ1) is 16.7. The molecule has 0 saturated carbocycles. The van der Waals surface area contributed by atoms with E-state index >= 15 is 0 Å². The molecule has 1 amide bonds. The van der Waals surface area contributed by atoms with Crippen LogP contribution in [0.2, 0.25) is 0 Å². The Balaban J connectivity index is 1.57. The highest BCUT2D eigenvalue weighted by molar-refractivity contribution is 7.17. The Morgan fingerprint density at radius 3 is 3.00 bits per heavy atom. The Morgan fingerprint density at radius 2 is 2.15 bits per heavy atom. The number of hydrogen-bond acceptors (Lipinski definition) is 6. The van der Waals surface area contributed by atoms with Crippen molar-refractivity contribution in [3.05, 3.63) is 40.3 Å². The van der Waals surface area contributed by atoms with Crippen LogP contribution in [0, 0.1) is 0 Å². The number of carbonyl (C=O) groups is 2. The monoisotopic (exact) mass is 370 g/mol. The molecule has 1 aromatic carbocycles. The quantitative estimate of drug-likeness (QED) is 0.698. The van der Waals surface area contributed by atoms with Gasteiger partial charge in [0.2, 0.25) is 5.91 Å². The molecule has 4 rings (SSSR count). The minimum Gasteiger partial charge on any atom is -0.462 e. The number of ether oxygens (including phenoxy) is 1. The van der Waals surface area contributed by atoms with Crippen molar-refractivity contribution in [3.63, 3.8) is 0 Å². The Labute approximate surface area is 154 Å². The lowest BCUT2D eigenvalue weighted by Gasteiger charge is -2.08. The fourth-order valence-corrected chi connectivity index (χ4v) is 4.54. The summed E-state index contributed by atoms with van der Waals surface area (Å²) in [5, 5.41) is 11.5. The molecule has 0 aliphatic heterocycles. The first-order valence-electron chi connectivity index (χ1n) is 8.57. The van der Waals surface area contributed by atoms with E-state index < -0.39 is 0 Å². The van der Waals surface area contributed by atoms with Gasteiger partial charge in [-0.15, -0.1) is 16.4 Å². The summed E-state index contributed by atoms with van der Waals surface area (Å²) in [7, 11) is 0. The van der Waals surface area contributed by atoms with Crippen molar-refractivity contribution in [2.45, 2.75) is 32.7 Å². The van der Waals surface area contributed by atoms with Crippen LogP contribution in [0.1, 0.15) is 34.1 Å². The SMILES string of the molecule is CCOC(=O)c1c(NC(=O)Cn2nnc3ccccc32)sc2c1CCC2. The Morgan fingerprint density at radius 1 is 1.31 bits per heavy atom. The number of nitrogens with one attached hydrogen (secondary N) is 1. The van der Waals surface area contributed by atoms with Gasteiger partial charge < -0.3 is 10.1 Å². The van der Waals surface area contributed by atoms with E-state index in [-0.39, 0.29) is 18.4 Å². The van der Waals surface area contributed by atoms with Crippen LogP contribution in [-0.2, 0) is 28.9 Å². The molecule has 1 aliphatic carbocycles. The van der Waals surface area contributed by atoms with Gasteiger partial charge in [0.25, 0.3) is 0 Å². The van der Waals surface area contributed by atoms with Gasteiger partial charge in [-0.25, -0.2) is 9.48 Å². The van der Waals surface area contributed by atoms with E-state index in [4.69, 9.17) is 4.74 Å². The normalized spacial score (nSPS) is 13.0. The molecular weight excluding hydrogens is 352 g/mol. The Bertz CT molecular complexity index is 992. The van der Waals surface area contributed by atoms with Crippen LogP contribution in [0.3, 0.4) is 0 Å². The summed E-state index contributed by atoms with van der Waals surface area (Å²) in [4.78, 5) is 26.1. The third-order valence-corrected chi connectivity index (χ3v) is 5.57. The number of nitrogens with zero attached hydrogens (tertiary/aromatic N) is 3. The van der Waals surface area contributed by atoms with Crippen LogP contribution in [0.25, 0.3) is 11.0 Å². The van der Waals surface area contributed by atoms with Gasteiger partial charge in [0.15, 0.2) is 0 Å². The van der Waals surface area contributed by atoms with E-state index in [1.165, 1.54) is 11.3 Å². The number of thiophene rings is 1. The van der Waals surface area contributed by atoms with Crippen molar-refractivity contribution in [1.82, 2.24) is 15.0 Å². The van der Waals surface area contributed by atoms with Crippen molar-refractivity contribution in [2.24, 2.45) is 0 Å². The highest BCUT2D eigenvalue weighted by atomic mass is 32.1. The summed E-state index contributed by atoms with van der Waals surface area (Å²) in [6.07, 6.45) is 2.83. The topological polar surface area (TPSA) is 86.1 Å². The molecule has 1 N–H and O–H groups in total. The minimum absolute atomic E-state index is 0.0331. The summed E-state index contributed by atoms with van der Waals surface area (Å²) >= 11 is 1.47. The number of rotatable bonds is 5. The van der Waals surface area contributed by atoms with E-state index in [9.17, 15) is 9.59 Å². The molecule has 0 spiro atoms. The van der Waals surface area contributed by atoms with Gasteiger partial charge in [0.05, 0.1) is 17.7 Å². The van der Waals surface area contributed by atoms with Crippen LogP contribution >= 0.6 is 11.3 Å². The molecule has 8 heteroatoms. The first-order valence-corrected chi connectivity index (χ1v) is 9.38. The number of hydrogen-bond donors (Lipinski definition) is 1. The maximum absolute atomic E-state index is 12.5. The molecule has 0 atom stereocenters. The lowest BCUT2D eigenvalue weighted by atomic mass is 10.1. The fraction of sp³-hybridized carbons (Fsp3) is 0.333. The lowest BCUT2D eigenvalue weighted by molar-refractivity contribution is -0.116. The Kier molecular flexibility index (Phi) is 4.42. The minimum atomic E-state index is -0.367. The van der Waals surface area contributed by atoms with Crippen molar-refractivity contribution in [2.75, 3.05) is 11.9 Å². The maximum Gasteiger partial charge on any atom is 0.341 e. The molecule has 0 fully saturated rings. The maximum atomic E-state index is 12.5. The van der Waals surface area contributed by atoms with E-state index in [1.54, 1.807) is 11.6 Å². The number of amides is 1. The molecule has 7 nitrogen and oxygen atoms in total. The second-order valence-corrected chi connectivity index (χ2v) is 7.17. The largest absolute Gasteiger partial charge is 0.462 e. The predicted molar refractivity (Wildman–Crippen MR) is 98.5 cm³/mol. The van der Waals surface area contributed by atoms with Crippen LogP contribution in [0.5, 0.6) is 0 Å². The molecule has 26 heavy (non-hydrogen) atoms. The van der Waals surface area contributed by atoms with Gasteiger partial charge in [-0.1, -0.05) is 17.3 Å². The average Bonchev–Trinajstić information content (AvgIpc) is 3.30. The number of aryl methyl sites for hydroxylation is 1. The standard InChI is InChI=1S/C18H18N4O3S/c1-2-25-18(24)16-11-6-5-9-14(11)26-17(16)19-15(23)10-22-13-8-4-3-7-12(13)20-21-22/h3-4,7-8H,2,5-6,9-10H2,1H3,(H,19,23).